The predicted octanol–water partition coefficient (Wildman–Crippen LogP) is 3.67. The van der Waals surface area contributed by atoms with Crippen LogP contribution >= 0.6 is 11.6 Å². The summed E-state index contributed by atoms with van der Waals surface area (Å²) in [4.78, 5) is 0. The first-order valence-corrected chi connectivity index (χ1v) is 7.07. The zero-order valence-electron chi connectivity index (χ0n) is 11.7. The van der Waals surface area contributed by atoms with E-state index >= 15 is 0 Å². The first-order valence-electron chi connectivity index (χ1n) is 6.70. The maximum Gasteiger partial charge on any atom is 0.0835 e. The van der Waals surface area contributed by atoms with E-state index in [1.165, 1.54) is 5.69 Å². The van der Waals surface area contributed by atoms with Gasteiger partial charge in [-0.15, -0.1) is 0 Å². The maximum atomic E-state index is 6.37. The predicted molar refractivity (Wildman–Crippen MR) is 79.9 cm³/mol. The molecule has 0 saturated heterocycles. The van der Waals surface area contributed by atoms with Crippen molar-refractivity contribution in [2.75, 3.05) is 0 Å². The van der Waals surface area contributed by atoms with Gasteiger partial charge in [0.25, 0.3) is 0 Å². The quantitative estimate of drug-likeness (QED) is 0.927. The molecule has 0 unspecified atom stereocenters. The molecule has 0 bridgehead atoms. The summed E-state index contributed by atoms with van der Waals surface area (Å²) in [6.45, 7) is 6.18. The molecule has 1 atom stereocenters. The molecule has 2 rings (SSSR count). The van der Waals surface area contributed by atoms with Crippen LogP contribution < -0.4 is 5.73 Å². The second-order valence-corrected chi connectivity index (χ2v) is 5.15. The third-order valence-corrected chi connectivity index (χ3v) is 3.59. The molecule has 0 fully saturated rings. The van der Waals surface area contributed by atoms with Gasteiger partial charge in [-0.05, 0) is 43.5 Å². The normalized spacial score (nSPS) is 12.7. The molecule has 0 aliphatic rings. The van der Waals surface area contributed by atoms with Crippen molar-refractivity contribution in [3.8, 4) is 5.69 Å². The van der Waals surface area contributed by atoms with E-state index in [4.69, 9.17) is 17.3 Å². The zero-order valence-corrected chi connectivity index (χ0v) is 12.4. The van der Waals surface area contributed by atoms with Gasteiger partial charge in [0.1, 0.15) is 0 Å². The van der Waals surface area contributed by atoms with E-state index in [9.17, 15) is 0 Å². The Balaban J connectivity index is 2.49. The fraction of sp³-hybridized carbons (Fsp3) is 0.400. The number of hydrogen-bond acceptors (Lipinski definition) is 2. The van der Waals surface area contributed by atoms with Crippen molar-refractivity contribution in [3.63, 3.8) is 0 Å². The highest BCUT2D eigenvalue weighted by Gasteiger charge is 2.11. The highest BCUT2D eigenvalue weighted by atomic mass is 35.5. The van der Waals surface area contributed by atoms with Crippen LogP contribution in [0.25, 0.3) is 5.69 Å². The average Bonchev–Trinajstić information content (AvgIpc) is 2.81. The van der Waals surface area contributed by atoms with Crippen LogP contribution in [0.1, 0.15) is 43.8 Å². The van der Waals surface area contributed by atoms with E-state index in [1.54, 1.807) is 0 Å². The highest BCUT2D eigenvalue weighted by Crippen LogP contribution is 2.25. The third kappa shape index (κ3) is 2.82. The Morgan fingerprint density at radius 1 is 1.26 bits per heavy atom. The lowest BCUT2D eigenvalue weighted by Gasteiger charge is -2.11. The highest BCUT2D eigenvalue weighted by molar-refractivity contribution is 6.32. The maximum absolute atomic E-state index is 6.37. The summed E-state index contributed by atoms with van der Waals surface area (Å²) in [5.74, 6) is 0. The van der Waals surface area contributed by atoms with E-state index in [0.717, 1.165) is 29.8 Å². The summed E-state index contributed by atoms with van der Waals surface area (Å²) >= 11 is 6.37. The molecular formula is C15H20ClN3. The van der Waals surface area contributed by atoms with Crippen LogP contribution in [0.2, 0.25) is 5.02 Å². The van der Waals surface area contributed by atoms with Gasteiger partial charge in [-0.3, -0.25) is 0 Å². The van der Waals surface area contributed by atoms with E-state index in [2.05, 4.69) is 25.0 Å². The summed E-state index contributed by atoms with van der Waals surface area (Å²) < 4.78 is 1.94. The first-order chi connectivity index (χ1) is 9.06. The number of benzene rings is 1. The van der Waals surface area contributed by atoms with Crippen molar-refractivity contribution in [2.24, 2.45) is 5.73 Å². The van der Waals surface area contributed by atoms with Crippen LogP contribution in [0.4, 0.5) is 0 Å². The molecule has 1 aromatic carbocycles. The van der Waals surface area contributed by atoms with E-state index in [0.29, 0.717) is 5.02 Å². The lowest BCUT2D eigenvalue weighted by molar-refractivity contribution is 0.787. The second kappa shape index (κ2) is 5.76. The van der Waals surface area contributed by atoms with Gasteiger partial charge >= 0.3 is 0 Å². The number of aromatic nitrogens is 2. The van der Waals surface area contributed by atoms with Crippen LogP contribution in [0.15, 0.2) is 24.3 Å². The minimum Gasteiger partial charge on any atom is -0.324 e. The van der Waals surface area contributed by atoms with Gasteiger partial charge < -0.3 is 5.73 Å². The summed E-state index contributed by atoms with van der Waals surface area (Å²) in [5, 5.41) is 5.30. The van der Waals surface area contributed by atoms with E-state index in [1.807, 2.05) is 29.8 Å². The molecule has 0 amide bonds. The van der Waals surface area contributed by atoms with Gasteiger partial charge in [-0.25, -0.2) is 4.68 Å². The summed E-state index contributed by atoms with van der Waals surface area (Å²) in [6, 6.07) is 8.05. The van der Waals surface area contributed by atoms with Crippen molar-refractivity contribution >= 4 is 11.6 Å². The van der Waals surface area contributed by atoms with Crippen molar-refractivity contribution in [3.05, 3.63) is 46.2 Å². The molecule has 3 nitrogen and oxygen atoms in total. The zero-order chi connectivity index (χ0) is 14.0. The SMILES string of the molecule is CCc1cc(CC)n(-c2ccc([C@@H](C)N)cc2Cl)n1. The molecule has 2 N–H and O–H groups in total. The Kier molecular flexibility index (Phi) is 4.27. The fourth-order valence-electron chi connectivity index (χ4n) is 2.09. The average molecular weight is 278 g/mol. The number of nitrogens with two attached hydrogens (primary N) is 1. The van der Waals surface area contributed by atoms with E-state index in [-0.39, 0.29) is 6.04 Å². The second-order valence-electron chi connectivity index (χ2n) is 4.75. The molecule has 1 heterocycles. The molecule has 0 radical (unpaired) electrons. The van der Waals surface area contributed by atoms with Crippen LogP contribution in [-0.2, 0) is 12.8 Å². The Morgan fingerprint density at radius 3 is 2.53 bits per heavy atom. The number of nitrogens with zero attached hydrogens (tertiary/aromatic N) is 2. The molecule has 102 valence electrons. The van der Waals surface area contributed by atoms with Gasteiger partial charge in [-0.2, -0.15) is 5.10 Å². The Hall–Kier alpha value is -1.32. The number of aryl methyl sites for hydroxylation is 2. The topological polar surface area (TPSA) is 43.8 Å². The summed E-state index contributed by atoms with van der Waals surface area (Å²) in [5.41, 5.74) is 10.1. The molecule has 0 aliphatic heterocycles. The Labute approximate surface area is 119 Å². The molecule has 0 saturated carbocycles. The van der Waals surface area contributed by atoms with Gasteiger partial charge in [0, 0.05) is 11.7 Å². The van der Waals surface area contributed by atoms with Crippen LogP contribution in [0.3, 0.4) is 0 Å². The van der Waals surface area contributed by atoms with E-state index < -0.39 is 0 Å². The number of rotatable bonds is 4. The fourth-order valence-corrected chi connectivity index (χ4v) is 2.36. The van der Waals surface area contributed by atoms with Crippen molar-refractivity contribution in [1.82, 2.24) is 9.78 Å². The van der Waals surface area contributed by atoms with Gasteiger partial charge in [-0.1, -0.05) is 31.5 Å². The third-order valence-electron chi connectivity index (χ3n) is 3.28. The standard InChI is InChI=1S/C15H20ClN3/c1-4-12-9-13(5-2)19(18-12)15-7-6-11(10(3)17)8-14(15)16/h6-10H,4-5,17H2,1-3H3/t10-/m1/s1. The lowest BCUT2D eigenvalue weighted by Crippen LogP contribution is -2.07. The van der Waals surface area contributed by atoms with Crippen LogP contribution in [-0.4, -0.2) is 9.78 Å². The molecular weight excluding hydrogens is 258 g/mol. The number of hydrogen-bond donors (Lipinski definition) is 1. The molecule has 1 aromatic heterocycles. The van der Waals surface area contributed by atoms with Crippen molar-refractivity contribution < 1.29 is 0 Å². The minimum atomic E-state index is -0.0129. The minimum absolute atomic E-state index is 0.0129. The van der Waals surface area contributed by atoms with Crippen LogP contribution in [0.5, 0.6) is 0 Å². The number of halogens is 1. The van der Waals surface area contributed by atoms with Crippen LogP contribution in [0, 0.1) is 0 Å². The molecule has 19 heavy (non-hydrogen) atoms. The van der Waals surface area contributed by atoms with Gasteiger partial charge in [0.05, 0.1) is 16.4 Å². The smallest absolute Gasteiger partial charge is 0.0835 e. The van der Waals surface area contributed by atoms with Gasteiger partial charge in [0.2, 0.25) is 0 Å². The molecule has 0 spiro atoms. The Morgan fingerprint density at radius 2 is 2.00 bits per heavy atom. The molecule has 0 aliphatic carbocycles. The van der Waals surface area contributed by atoms with Gasteiger partial charge in [0.15, 0.2) is 0 Å². The molecule has 2 aromatic rings. The van der Waals surface area contributed by atoms with Crippen molar-refractivity contribution in [1.29, 1.82) is 0 Å². The Bertz CT molecular complexity index is 573. The first kappa shape index (κ1) is 14.1. The lowest BCUT2D eigenvalue weighted by atomic mass is 10.1. The van der Waals surface area contributed by atoms with Crippen molar-refractivity contribution in [2.45, 2.75) is 39.7 Å². The monoisotopic (exact) mass is 277 g/mol. The molecule has 4 heteroatoms. The largest absolute Gasteiger partial charge is 0.324 e. The summed E-state index contributed by atoms with van der Waals surface area (Å²) in [6.07, 6.45) is 1.86. The summed E-state index contributed by atoms with van der Waals surface area (Å²) in [7, 11) is 0.